The molecule has 2 aliphatic heterocycles. The first kappa shape index (κ1) is 13.1. The molecule has 0 aliphatic carbocycles. The van der Waals surface area contributed by atoms with E-state index in [1.807, 2.05) is 0 Å². The van der Waals surface area contributed by atoms with Gasteiger partial charge in [0, 0.05) is 13.1 Å². The number of hydrogen-bond donors (Lipinski definition) is 1. The molecule has 0 saturated carbocycles. The molecular formula is C15H17FN2O2. The maximum atomic E-state index is 14.1. The Morgan fingerprint density at radius 3 is 3.05 bits per heavy atom. The molecule has 0 radical (unpaired) electrons. The van der Waals surface area contributed by atoms with Gasteiger partial charge in [0.2, 0.25) is 5.91 Å². The number of piperidine rings is 1. The quantitative estimate of drug-likeness (QED) is 0.844. The van der Waals surface area contributed by atoms with E-state index in [1.165, 1.54) is 6.07 Å². The maximum Gasteiger partial charge on any atom is 0.257 e. The predicted octanol–water partition coefficient (Wildman–Crippen LogP) is 1.48. The summed E-state index contributed by atoms with van der Waals surface area (Å²) in [5, 5.41) is 2.80. The zero-order valence-corrected chi connectivity index (χ0v) is 11.4. The highest BCUT2D eigenvalue weighted by Gasteiger charge is 2.43. The summed E-state index contributed by atoms with van der Waals surface area (Å²) >= 11 is 0. The van der Waals surface area contributed by atoms with Crippen LogP contribution in [0.25, 0.3) is 0 Å². The first-order valence-corrected chi connectivity index (χ1v) is 6.93. The second kappa shape index (κ2) is 4.89. The van der Waals surface area contributed by atoms with Crippen LogP contribution in [0.15, 0.2) is 18.2 Å². The number of hydrogen-bond acceptors (Lipinski definition) is 2. The molecule has 3 rings (SSSR count). The third-order valence-electron chi connectivity index (χ3n) is 4.28. The average Bonchev–Trinajstić information content (AvgIpc) is 2.83. The van der Waals surface area contributed by atoms with Gasteiger partial charge < -0.3 is 10.2 Å². The van der Waals surface area contributed by atoms with Gasteiger partial charge in [-0.2, -0.15) is 0 Å². The van der Waals surface area contributed by atoms with Crippen molar-refractivity contribution in [1.29, 1.82) is 0 Å². The van der Waals surface area contributed by atoms with E-state index in [0.717, 1.165) is 12.8 Å². The van der Waals surface area contributed by atoms with Crippen molar-refractivity contribution in [3.05, 3.63) is 35.1 Å². The van der Waals surface area contributed by atoms with Crippen LogP contribution in [0.2, 0.25) is 0 Å². The van der Waals surface area contributed by atoms with Crippen LogP contribution in [0.4, 0.5) is 4.39 Å². The fraction of sp³-hybridized carbons (Fsp3) is 0.467. The molecule has 1 aromatic carbocycles. The molecule has 2 atom stereocenters. The van der Waals surface area contributed by atoms with E-state index in [2.05, 4.69) is 5.32 Å². The lowest BCUT2D eigenvalue weighted by Crippen LogP contribution is -2.48. The minimum Gasteiger partial charge on any atom is -0.354 e. The normalized spacial score (nSPS) is 25.3. The van der Waals surface area contributed by atoms with Crippen molar-refractivity contribution in [3.8, 4) is 0 Å². The van der Waals surface area contributed by atoms with Gasteiger partial charge in [-0.25, -0.2) is 4.39 Å². The van der Waals surface area contributed by atoms with Crippen LogP contribution in [0, 0.1) is 18.7 Å². The van der Waals surface area contributed by atoms with Gasteiger partial charge in [0.15, 0.2) is 0 Å². The molecule has 0 aromatic heterocycles. The fourth-order valence-electron chi connectivity index (χ4n) is 3.17. The molecule has 2 unspecified atom stereocenters. The van der Waals surface area contributed by atoms with Crippen molar-refractivity contribution >= 4 is 11.8 Å². The average molecular weight is 276 g/mol. The summed E-state index contributed by atoms with van der Waals surface area (Å²) in [6.07, 6.45) is 1.59. The maximum absolute atomic E-state index is 14.1. The Balaban J connectivity index is 1.90. The van der Waals surface area contributed by atoms with Gasteiger partial charge in [-0.15, -0.1) is 0 Å². The van der Waals surface area contributed by atoms with Gasteiger partial charge in [0.1, 0.15) is 5.82 Å². The number of halogens is 1. The monoisotopic (exact) mass is 276 g/mol. The second-order valence-electron chi connectivity index (χ2n) is 5.50. The Labute approximate surface area is 117 Å². The predicted molar refractivity (Wildman–Crippen MR) is 71.7 cm³/mol. The van der Waals surface area contributed by atoms with E-state index >= 15 is 0 Å². The molecule has 2 heterocycles. The lowest BCUT2D eigenvalue weighted by atomic mass is 9.91. The molecule has 0 spiro atoms. The molecule has 106 valence electrons. The summed E-state index contributed by atoms with van der Waals surface area (Å²) in [5.41, 5.74) is 0.565. The third kappa shape index (κ3) is 1.97. The minimum atomic E-state index is -0.461. The summed E-state index contributed by atoms with van der Waals surface area (Å²) in [4.78, 5) is 25.9. The molecule has 2 fully saturated rings. The first-order valence-electron chi connectivity index (χ1n) is 6.93. The number of carbonyl (C=O) groups excluding carboxylic acids is 2. The Morgan fingerprint density at radius 1 is 1.45 bits per heavy atom. The van der Waals surface area contributed by atoms with Crippen LogP contribution in [-0.2, 0) is 4.79 Å². The molecule has 2 amide bonds. The van der Waals surface area contributed by atoms with E-state index in [9.17, 15) is 14.0 Å². The molecule has 5 heteroatoms. The van der Waals surface area contributed by atoms with Crippen LogP contribution in [-0.4, -0.2) is 35.8 Å². The zero-order chi connectivity index (χ0) is 14.3. The van der Waals surface area contributed by atoms with Gasteiger partial charge in [-0.1, -0.05) is 12.1 Å². The number of benzene rings is 1. The minimum absolute atomic E-state index is 0.0113. The summed E-state index contributed by atoms with van der Waals surface area (Å²) in [7, 11) is 0. The van der Waals surface area contributed by atoms with Crippen LogP contribution in [0.5, 0.6) is 0 Å². The fourth-order valence-corrected chi connectivity index (χ4v) is 3.17. The molecule has 1 N–H and O–H groups in total. The number of aryl methyl sites for hydroxylation is 1. The number of amides is 2. The van der Waals surface area contributed by atoms with Crippen molar-refractivity contribution < 1.29 is 14.0 Å². The number of fused-ring (bicyclic) bond motifs is 1. The smallest absolute Gasteiger partial charge is 0.257 e. The Bertz CT molecular complexity index is 573. The van der Waals surface area contributed by atoms with E-state index in [-0.39, 0.29) is 29.3 Å². The molecule has 2 aliphatic rings. The third-order valence-corrected chi connectivity index (χ3v) is 4.28. The molecular weight excluding hydrogens is 259 g/mol. The second-order valence-corrected chi connectivity index (χ2v) is 5.50. The lowest BCUT2D eigenvalue weighted by Gasteiger charge is -2.36. The van der Waals surface area contributed by atoms with E-state index < -0.39 is 5.82 Å². The van der Waals surface area contributed by atoms with Gasteiger partial charge in [0.25, 0.3) is 5.91 Å². The Morgan fingerprint density at radius 2 is 2.25 bits per heavy atom. The highest BCUT2D eigenvalue weighted by Crippen LogP contribution is 2.29. The van der Waals surface area contributed by atoms with Gasteiger partial charge in [-0.3, -0.25) is 9.59 Å². The topological polar surface area (TPSA) is 49.4 Å². The Hall–Kier alpha value is -1.91. The SMILES string of the molecule is Cc1cccc(C(=O)N2CCCC3C(=O)NCC32)c1F. The summed E-state index contributed by atoms with van der Waals surface area (Å²) in [6, 6.07) is 4.71. The van der Waals surface area contributed by atoms with Crippen LogP contribution in [0.3, 0.4) is 0 Å². The van der Waals surface area contributed by atoms with Crippen molar-refractivity contribution in [2.45, 2.75) is 25.8 Å². The van der Waals surface area contributed by atoms with Gasteiger partial charge in [0.05, 0.1) is 17.5 Å². The highest BCUT2D eigenvalue weighted by atomic mass is 19.1. The standard InChI is InChI=1S/C15H17FN2O2/c1-9-4-2-5-11(13(9)16)15(20)18-7-3-6-10-12(18)8-17-14(10)19/h2,4-5,10,12H,3,6-8H2,1H3,(H,17,19). The molecule has 4 nitrogen and oxygen atoms in total. The van der Waals surface area contributed by atoms with Gasteiger partial charge >= 0.3 is 0 Å². The highest BCUT2D eigenvalue weighted by molar-refractivity contribution is 5.96. The molecule has 2 saturated heterocycles. The van der Waals surface area contributed by atoms with Crippen molar-refractivity contribution in [1.82, 2.24) is 10.2 Å². The van der Waals surface area contributed by atoms with Crippen molar-refractivity contribution in [2.24, 2.45) is 5.92 Å². The molecule has 0 bridgehead atoms. The van der Waals surface area contributed by atoms with Crippen LogP contribution < -0.4 is 5.32 Å². The van der Waals surface area contributed by atoms with Gasteiger partial charge in [-0.05, 0) is 31.4 Å². The van der Waals surface area contributed by atoms with E-state index in [4.69, 9.17) is 0 Å². The van der Waals surface area contributed by atoms with Crippen LogP contribution >= 0.6 is 0 Å². The van der Waals surface area contributed by atoms with Crippen LogP contribution in [0.1, 0.15) is 28.8 Å². The largest absolute Gasteiger partial charge is 0.354 e. The Kier molecular flexibility index (Phi) is 3.20. The van der Waals surface area contributed by atoms with Crippen molar-refractivity contribution in [2.75, 3.05) is 13.1 Å². The summed E-state index contributed by atoms with van der Waals surface area (Å²) < 4.78 is 14.1. The number of nitrogens with one attached hydrogen (secondary N) is 1. The molecule has 1 aromatic rings. The number of rotatable bonds is 1. The van der Waals surface area contributed by atoms with Crippen molar-refractivity contribution in [3.63, 3.8) is 0 Å². The first-order chi connectivity index (χ1) is 9.59. The van der Waals surface area contributed by atoms with E-state index in [1.54, 1.807) is 24.0 Å². The summed E-state index contributed by atoms with van der Waals surface area (Å²) in [5.74, 6) is -0.896. The number of likely N-dealkylation sites (tertiary alicyclic amines) is 1. The number of nitrogens with zero attached hydrogens (tertiary/aromatic N) is 1. The number of carbonyl (C=O) groups is 2. The zero-order valence-electron chi connectivity index (χ0n) is 11.4. The lowest BCUT2D eigenvalue weighted by molar-refractivity contribution is -0.123. The summed E-state index contributed by atoms with van der Waals surface area (Å²) in [6.45, 7) is 2.71. The molecule has 20 heavy (non-hydrogen) atoms. The van der Waals surface area contributed by atoms with E-state index in [0.29, 0.717) is 18.7 Å².